The maximum atomic E-state index is 13.1. The summed E-state index contributed by atoms with van der Waals surface area (Å²) in [6.45, 7) is 0.904. The van der Waals surface area contributed by atoms with Gasteiger partial charge < -0.3 is 31.3 Å². The lowest BCUT2D eigenvalue weighted by atomic mass is 9.98. The number of azide groups is 1. The van der Waals surface area contributed by atoms with Crippen molar-refractivity contribution in [3.8, 4) is 11.1 Å². The molecule has 0 saturated carbocycles. The van der Waals surface area contributed by atoms with Gasteiger partial charge in [-0.2, -0.15) is 11.8 Å². The molecule has 2 heterocycles. The molecule has 250 valence electrons. The van der Waals surface area contributed by atoms with Crippen molar-refractivity contribution in [2.75, 3.05) is 32.0 Å². The number of unbranched alkanes of at least 4 members (excludes halogenated alkanes) is 2. The van der Waals surface area contributed by atoms with Gasteiger partial charge in [0.05, 0.1) is 12.1 Å². The summed E-state index contributed by atoms with van der Waals surface area (Å²) in [4.78, 5) is 52.6. The number of carbonyl (C=O) groups excluding carboxylic acids is 4. The quantitative estimate of drug-likeness (QED) is 0.0551. The van der Waals surface area contributed by atoms with Crippen molar-refractivity contribution in [1.29, 1.82) is 0 Å². The fraction of sp³-hybridized carbons (Fsp3) is 0.515. The average molecular weight is 663 g/mol. The van der Waals surface area contributed by atoms with Gasteiger partial charge in [-0.15, -0.1) is 0 Å². The highest BCUT2D eigenvalue weighted by Crippen LogP contribution is 2.44. The molecule has 2 aromatic rings. The predicted octanol–water partition coefficient (Wildman–Crippen LogP) is 4.33. The molecular weight excluding hydrogens is 620 g/mol. The van der Waals surface area contributed by atoms with E-state index in [9.17, 15) is 19.2 Å². The number of urea groups is 1. The molecule has 2 saturated heterocycles. The number of nitrogens with one attached hydrogen (secondary N) is 5. The molecule has 4 unspecified atom stereocenters. The van der Waals surface area contributed by atoms with Crippen molar-refractivity contribution in [1.82, 2.24) is 26.6 Å². The highest BCUT2D eigenvalue weighted by Gasteiger charge is 2.42. The zero-order valence-electron chi connectivity index (χ0n) is 26.3. The van der Waals surface area contributed by atoms with Gasteiger partial charge in [0.25, 0.3) is 0 Å². The Labute approximate surface area is 278 Å². The van der Waals surface area contributed by atoms with E-state index in [2.05, 4.69) is 48.7 Å². The molecule has 14 heteroatoms. The molecule has 0 aromatic heterocycles. The Balaban J connectivity index is 1.02. The number of hydrogen-bond donors (Lipinski definition) is 5. The summed E-state index contributed by atoms with van der Waals surface area (Å²) < 4.78 is 5.65. The molecule has 0 bridgehead atoms. The van der Waals surface area contributed by atoms with Crippen LogP contribution in [-0.2, 0) is 14.3 Å². The van der Waals surface area contributed by atoms with Gasteiger partial charge in [-0.05, 0) is 53.5 Å². The standard InChI is InChI=1S/C33H42N8O5S/c34-41-37-16-8-7-13-26(39-33(45)46-19-25-23-11-3-1-9-21(23)22-10-2-4-12-24(22)25)31(43)36-18-17-35-29(42)15-6-5-14-28-30-27(20-47-28)38-32(44)40-30/h1-4,9-12,25-28,30H,5-8,13-20H2,(H,35,42)(H,36,43)(H,39,45)(H2,38,40,44). The van der Waals surface area contributed by atoms with Gasteiger partial charge in [0.15, 0.2) is 0 Å². The number of nitrogens with zero attached hydrogens (tertiary/aromatic N) is 3. The molecule has 4 atom stereocenters. The van der Waals surface area contributed by atoms with E-state index in [0.717, 1.165) is 47.3 Å². The summed E-state index contributed by atoms with van der Waals surface area (Å²) in [5.41, 5.74) is 13.0. The number of hydrogen-bond acceptors (Lipinski definition) is 7. The first-order valence-corrected chi connectivity index (χ1v) is 17.3. The summed E-state index contributed by atoms with van der Waals surface area (Å²) in [7, 11) is 0. The van der Waals surface area contributed by atoms with Crippen LogP contribution in [0.25, 0.3) is 21.6 Å². The Kier molecular flexibility index (Phi) is 12.2. The van der Waals surface area contributed by atoms with E-state index in [4.69, 9.17) is 10.3 Å². The number of alkyl carbamates (subject to hydrolysis) is 1. The molecular formula is C33H42N8O5S. The first-order valence-electron chi connectivity index (χ1n) is 16.3. The number of thioether (sulfide) groups is 1. The predicted molar refractivity (Wildman–Crippen MR) is 180 cm³/mol. The van der Waals surface area contributed by atoms with Crippen molar-refractivity contribution in [3.63, 3.8) is 0 Å². The second kappa shape index (κ2) is 16.9. The summed E-state index contributed by atoms with van der Waals surface area (Å²) in [6, 6.07) is 15.6. The first-order chi connectivity index (χ1) is 22.9. The van der Waals surface area contributed by atoms with Gasteiger partial charge in [0, 0.05) is 47.9 Å². The van der Waals surface area contributed by atoms with E-state index < -0.39 is 12.1 Å². The molecule has 2 fully saturated rings. The first kappa shape index (κ1) is 33.9. The minimum Gasteiger partial charge on any atom is -0.449 e. The van der Waals surface area contributed by atoms with Crippen LogP contribution in [0.15, 0.2) is 53.6 Å². The Bertz CT molecular complexity index is 1440. The molecule has 5 N–H and O–H groups in total. The van der Waals surface area contributed by atoms with Gasteiger partial charge in [0.2, 0.25) is 11.8 Å². The molecule has 1 aliphatic carbocycles. The normalized spacial score (nSPS) is 19.7. The van der Waals surface area contributed by atoms with Crippen LogP contribution >= 0.6 is 11.8 Å². The van der Waals surface area contributed by atoms with Crippen molar-refractivity contribution in [2.24, 2.45) is 5.11 Å². The number of rotatable bonds is 17. The van der Waals surface area contributed by atoms with E-state index >= 15 is 0 Å². The second-order valence-corrected chi connectivity index (χ2v) is 13.3. The highest BCUT2D eigenvalue weighted by molar-refractivity contribution is 8.00. The molecule has 0 spiro atoms. The number of ether oxygens (including phenoxy) is 1. The van der Waals surface area contributed by atoms with E-state index in [0.29, 0.717) is 37.5 Å². The largest absolute Gasteiger partial charge is 0.449 e. The van der Waals surface area contributed by atoms with Gasteiger partial charge in [0.1, 0.15) is 12.6 Å². The molecule has 3 aliphatic rings. The lowest BCUT2D eigenvalue weighted by Crippen LogP contribution is -2.48. The summed E-state index contributed by atoms with van der Waals surface area (Å²) >= 11 is 1.86. The third-order valence-electron chi connectivity index (χ3n) is 8.84. The lowest BCUT2D eigenvalue weighted by Gasteiger charge is -2.20. The van der Waals surface area contributed by atoms with Crippen LogP contribution in [0.2, 0.25) is 0 Å². The highest BCUT2D eigenvalue weighted by atomic mass is 32.2. The van der Waals surface area contributed by atoms with Crippen LogP contribution in [0.3, 0.4) is 0 Å². The molecule has 13 nitrogen and oxygen atoms in total. The molecule has 47 heavy (non-hydrogen) atoms. The summed E-state index contributed by atoms with van der Waals surface area (Å²) in [5, 5.41) is 18.2. The minimum atomic E-state index is -0.847. The average Bonchev–Trinajstić information content (AvgIpc) is 3.74. The van der Waals surface area contributed by atoms with Crippen LogP contribution < -0.4 is 26.6 Å². The van der Waals surface area contributed by atoms with Crippen LogP contribution in [0, 0.1) is 0 Å². The van der Waals surface area contributed by atoms with E-state index in [1.165, 1.54) is 0 Å². The number of amides is 5. The third-order valence-corrected chi connectivity index (χ3v) is 10.4. The second-order valence-electron chi connectivity index (χ2n) is 12.0. The van der Waals surface area contributed by atoms with E-state index in [-0.39, 0.29) is 55.5 Å². The maximum absolute atomic E-state index is 13.1. The molecule has 2 aromatic carbocycles. The van der Waals surface area contributed by atoms with Crippen LogP contribution in [0.4, 0.5) is 9.59 Å². The fourth-order valence-electron chi connectivity index (χ4n) is 6.50. The Morgan fingerprint density at radius 2 is 1.70 bits per heavy atom. The van der Waals surface area contributed by atoms with Gasteiger partial charge >= 0.3 is 12.1 Å². The van der Waals surface area contributed by atoms with Crippen molar-refractivity contribution >= 4 is 35.7 Å². The molecule has 5 amide bonds. The smallest absolute Gasteiger partial charge is 0.407 e. The molecule has 2 aliphatic heterocycles. The van der Waals surface area contributed by atoms with Gasteiger partial charge in [-0.25, -0.2) is 9.59 Å². The SMILES string of the molecule is [N-]=[N+]=NCCCCC(NC(=O)OCC1c2ccccc2-c2ccccc21)C(=O)NCCNC(=O)CCCCC1SCC2NC(=O)NC21. The van der Waals surface area contributed by atoms with Gasteiger partial charge in [-0.1, -0.05) is 66.5 Å². The fourth-order valence-corrected chi connectivity index (χ4v) is 8.04. The van der Waals surface area contributed by atoms with Crippen molar-refractivity contribution in [3.05, 3.63) is 70.1 Å². The van der Waals surface area contributed by atoms with Gasteiger partial charge in [-0.3, -0.25) is 9.59 Å². The zero-order valence-corrected chi connectivity index (χ0v) is 27.1. The Hall–Kier alpha value is -4.42. The Morgan fingerprint density at radius 3 is 2.45 bits per heavy atom. The number of benzene rings is 2. The zero-order chi connectivity index (χ0) is 33.0. The topological polar surface area (TPSA) is 186 Å². The molecule has 0 radical (unpaired) electrons. The number of fused-ring (bicyclic) bond motifs is 4. The summed E-state index contributed by atoms with van der Waals surface area (Å²) in [6.07, 6.45) is 3.75. The van der Waals surface area contributed by atoms with Crippen LogP contribution in [0.5, 0.6) is 0 Å². The van der Waals surface area contributed by atoms with Crippen molar-refractivity contribution in [2.45, 2.75) is 74.2 Å². The monoisotopic (exact) mass is 662 g/mol. The third kappa shape index (κ3) is 9.11. The molecule has 5 rings (SSSR count). The Morgan fingerprint density at radius 1 is 0.979 bits per heavy atom. The van der Waals surface area contributed by atoms with Crippen molar-refractivity contribution < 1.29 is 23.9 Å². The van der Waals surface area contributed by atoms with E-state index in [1.54, 1.807) is 0 Å². The summed E-state index contributed by atoms with van der Waals surface area (Å²) in [5.74, 6) is 0.350. The van der Waals surface area contributed by atoms with Crippen LogP contribution in [-0.4, -0.2) is 79.3 Å². The minimum absolute atomic E-state index is 0.0848. The van der Waals surface area contributed by atoms with E-state index in [1.807, 2.05) is 48.2 Å². The number of carbonyl (C=O) groups is 4. The lowest BCUT2D eigenvalue weighted by molar-refractivity contribution is -0.124. The van der Waals surface area contributed by atoms with Crippen LogP contribution in [0.1, 0.15) is 62.0 Å². The maximum Gasteiger partial charge on any atom is 0.407 e.